The van der Waals surface area contributed by atoms with E-state index in [0.29, 0.717) is 0 Å². The number of hydrogen-bond donors (Lipinski definition) is 2. The number of pyridine rings is 1. The number of H-pyrrole nitrogens is 1. The molecular weight excluding hydrogens is 278 g/mol. The molecule has 2 N–H and O–H groups in total. The third-order valence-electron chi connectivity index (χ3n) is 4.31. The standard InChI is InChI=1S/C17H19N3O2/c21-12-4-2-8-20(10-12)11-14-13-5-1-7-18-17(13)19-16(14)15-6-3-9-22-15/h1,3,5-7,9,12,21H,2,4,8,10-11H2,(H,18,19)/t12-/m1/s1. The van der Waals surface area contributed by atoms with Gasteiger partial charge in [-0.25, -0.2) is 4.98 Å². The zero-order valence-corrected chi connectivity index (χ0v) is 12.3. The molecule has 4 rings (SSSR count). The molecule has 4 heterocycles. The molecule has 0 unspecified atom stereocenters. The SMILES string of the molecule is O[C@@H]1CCCN(Cc2c(-c3ccco3)[nH]c3ncccc23)C1. The number of piperidine rings is 1. The second-order valence-corrected chi connectivity index (χ2v) is 5.89. The van der Waals surface area contributed by atoms with E-state index in [2.05, 4.69) is 20.9 Å². The molecule has 22 heavy (non-hydrogen) atoms. The summed E-state index contributed by atoms with van der Waals surface area (Å²) in [6.45, 7) is 2.53. The molecule has 5 heteroatoms. The molecule has 1 aliphatic heterocycles. The fourth-order valence-corrected chi connectivity index (χ4v) is 3.27. The van der Waals surface area contributed by atoms with Gasteiger partial charge in [0.1, 0.15) is 11.4 Å². The van der Waals surface area contributed by atoms with Gasteiger partial charge in [0.25, 0.3) is 0 Å². The molecule has 5 nitrogen and oxygen atoms in total. The Hall–Kier alpha value is -2.11. The molecule has 3 aromatic heterocycles. The topological polar surface area (TPSA) is 65.3 Å². The first kappa shape index (κ1) is 13.5. The number of β-amino-alcohol motifs (C(OH)–C–C–N with tert-alkyl or cyclic N) is 1. The Balaban J connectivity index is 1.75. The van der Waals surface area contributed by atoms with E-state index in [0.717, 1.165) is 55.0 Å². The van der Waals surface area contributed by atoms with Gasteiger partial charge in [-0.2, -0.15) is 0 Å². The highest BCUT2D eigenvalue weighted by Crippen LogP contribution is 2.31. The Bertz CT molecular complexity index is 763. The van der Waals surface area contributed by atoms with Gasteiger partial charge >= 0.3 is 0 Å². The highest BCUT2D eigenvalue weighted by Gasteiger charge is 2.22. The summed E-state index contributed by atoms with van der Waals surface area (Å²) < 4.78 is 5.57. The largest absolute Gasteiger partial charge is 0.463 e. The molecule has 1 saturated heterocycles. The monoisotopic (exact) mass is 297 g/mol. The number of aromatic amines is 1. The predicted octanol–water partition coefficient (Wildman–Crippen LogP) is 2.78. The van der Waals surface area contributed by atoms with Crippen molar-refractivity contribution in [3.63, 3.8) is 0 Å². The fourth-order valence-electron chi connectivity index (χ4n) is 3.27. The van der Waals surface area contributed by atoms with Crippen LogP contribution in [0.25, 0.3) is 22.5 Å². The van der Waals surface area contributed by atoms with Crippen molar-refractivity contribution in [3.05, 3.63) is 42.3 Å². The van der Waals surface area contributed by atoms with Crippen LogP contribution in [0.3, 0.4) is 0 Å². The highest BCUT2D eigenvalue weighted by atomic mass is 16.3. The van der Waals surface area contributed by atoms with E-state index in [-0.39, 0.29) is 6.10 Å². The minimum absolute atomic E-state index is 0.218. The molecule has 0 aromatic carbocycles. The number of aromatic nitrogens is 2. The quantitative estimate of drug-likeness (QED) is 0.780. The minimum atomic E-state index is -0.218. The Morgan fingerprint density at radius 3 is 3.14 bits per heavy atom. The lowest BCUT2D eigenvalue weighted by molar-refractivity contribution is 0.0671. The van der Waals surface area contributed by atoms with E-state index < -0.39 is 0 Å². The van der Waals surface area contributed by atoms with Crippen LogP contribution in [0.5, 0.6) is 0 Å². The predicted molar refractivity (Wildman–Crippen MR) is 84.3 cm³/mol. The maximum absolute atomic E-state index is 9.89. The van der Waals surface area contributed by atoms with Crippen LogP contribution in [0, 0.1) is 0 Å². The summed E-state index contributed by atoms with van der Waals surface area (Å²) in [4.78, 5) is 10.1. The molecule has 0 saturated carbocycles. The summed E-state index contributed by atoms with van der Waals surface area (Å²) in [5.41, 5.74) is 3.05. The zero-order valence-electron chi connectivity index (χ0n) is 12.3. The summed E-state index contributed by atoms with van der Waals surface area (Å²) in [6, 6.07) is 7.89. The van der Waals surface area contributed by atoms with Gasteiger partial charge in [-0.1, -0.05) is 0 Å². The van der Waals surface area contributed by atoms with Gasteiger partial charge in [-0.05, 0) is 43.7 Å². The minimum Gasteiger partial charge on any atom is -0.463 e. The van der Waals surface area contributed by atoms with Gasteiger partial charge in [-0.15, -0.1) is 0 Å². The zero-order chi connectivity index (χ0) is 14.9. The molecule has 0 amide bonds. The molecule has 114 valence electrons. The molecule has 1 fully saturated rings. The van der Waals surface area contributed by atoms with Crippen molar-refractivity contribution < 1.29 is 9.52 Å². The number of nitrogens with one attached hydrogen (secondary N) is 1. The van der Waals surface area contributed by atoms with E-state index in [4.69, 9.17) is 4.42 Å². The van der Waals surface area contributed by atoms with Crippen molar-refractivity contribution >= 4 is 11.0 Å². The molecule has 0 spiro atoms. The van der Waals surface area contributed by atoms with Crippen molar-refractivity contribution in [2.75, 3.05) is 13.1 Å². The van der Waals surface area contributed by atoms with Crippen LogP contribution in [0.15, 0.2) is 41.1 Å². The van der Waals surface area contributed by atoms with Gasteiger partial charge in [0, 0.05) is 30.2 Å². The van der Waals surface area contributed by atoms with Crippen LogP contribution in [-0.4, -0.2) is 39.2 Å². The molecule has 0 radical (unpaired) electrons. The number of fused-ring (bicyclic) bond motifs is 1. The molecular formula is C17H19N3O2. The first-order valence-electron chi connectivity index (χ1n) is 7.71. The van der Waals surface area contributed by atoms with Crippen LogP contribution in [0.2, 0.25) is 0 Å². The van der Waals surface area contributed by atoms with E-state index in [9.17, 15) is 5.11 Å². The number of likely N-dealkylation sites (tertiary alicyclic amines) is 1. The average molecular weight is 297 g/mol. The lowest BCUT2D eigenvalue weighted by Gasteiger charge is -2.30. The van der Waals surface area contributed by atoms with Crippen molar-refractivity contribution in [3.8, 4) is 11.5 Å². The number of aliphatic hydroxyl groups excluding tert-OH is 1. The molecule has 0 aliphatic carbocycles. The number of furan rings is 1. The van der Waals surface area contributed by atoms with Gasteiger partial charge in [0.05, 0.1) is 18.1 Å². The second-order valence-electron chi connectivity index (χ2n) is 5.89. The molecule has 0 bridgehead atoms. The van der Waals surface area contributed by atoms with Gasteiger partial charge < -0.3 is 14.5 Å². The maximum Gasteiger partial charge on any atom is 0.150 e. The van der Waals surface area contributed by atoms with Crippen LogP contribution in [0.1, 0.15) is 18.4 Å². The Kier molecular flexibility index (Phi) is 3.44. The van der Waals surface area contributed by atoms with Gasteiger partial charge in [0.15, 0.2) is 0 Å². The Labute approximate surface area is 128 Å². The van der Waals surface area contributed by atoms with Gasteiger partial charge in [0.2, 0.25) is 0 Å². The van der Waals surface area contributed by atoms with Crippen LogP contribution in [0.4, 0.5) is 0 Å². The molecule has 1 aliphatic rings. The maximum atomic E-state index is 9.89. The normalized spacial score (nSPS) is 19.8. The van der Waals surface area contributed by atoms with Crippen LogP contribution in [-0.2, 0) is 6.54 Å². The van der Waals surface area contributed by atoms with Gasteiger partial charge in [-0.3, -0.25) is 4.90 Å². The van der Waals surface area contributed by atoms with Crippen molar-refractivity contribution in [2.45, 2.75) is 25.5 Å². The van der Waals surface area contributed by atoms with E-state index in [1.54, 1.807) is 12.5 Å². The number of rotatable bonds is 3. The first-order chi connectivity index (χ1) is 10.8. The summed E-state index contributed by atoms with van der Waals surface area (Å²) in [7, 11) is 0. The third kappa shape index (κ3) is 2.42. The molecule has 3 aromatic rings. The summed E-state index contributed by atoms with van der Waals surface area (Å²) in [5, 5.41) is 11.0. The van der Waals surface area contributed by atoms with Crippen molar-refractivity contribution in [2.24, 2.45) is 0 Å². The van der Waals surface area contributed by atoms with Crippen LogP contribution < -0.4 is 0 Å². The van der Waals surface area contributed by atoms with E-state index in [1.165, 1.54) is 5.56 Å². The Morgan fingerprint density at radius 2 is 2.32 bits per heavy atom. The lowest BCUT2D eigenvalue weighted by atomic mass is 10.1. The third-order valence-corrected chi connectivity index (χ3v) is 4.31. The highest BCUT2D eigenvalue weighted by molar-refractivity contribution is 5.87. The fraction of sp³-hybridized carbons (Fsp3) is 0.353. The smallest absolute Gasteiger partial charge is 0.150 e. The summed E-state index contributed by atoms with van der Waals surface area (Å²) >= 11 is 0. The van der Waals surface area contributed by atoms with E-state index in [1.807, 2.05) is 18.2 Å². The van der Waals surface area contributed by atoms with Crippen molar-refractivity contribution in [1.29, 1.82) is 0 Å². The summed E-state index contributed by atoms with van der Waals surface area (Å²) in [6.07, 6.45) is 5.20. The second kappa shape index (κ2) is 5.59. The number of nitrogens with zero attached hydrogens (tertiary/aromatic N) is 2. The van der Waals surface area contributed by atoms with Crippen LogP contribution >= 0.6 is 0 Å². The summed E-state index contributed by atoms with van der Waals surface area (Å²) in [5.74, 6) is 0.825. The Morgan fingerprint density at radius 1 is 1.36 bits per heavy atom. The first-order valence-corrected chi connectivity index (χ1v) is 7.71. The lowest BCUT2D eigenvalue weighted by Crippen LogP contribution is -2.37. The molecule has 1 atom stereocenters. The number of aliphatic hydroxyl groups is 1. The number of hydrogen-bond acceptors (Lipinski definition) is 4. The van der Waals surface area contributed by atoms with E-state index >= 15 is 0 Å². The average Bonchev–Trinajstić information content (AvgIpc) is 3.15. The van der Waals surface area contributed by atoms with Crippen molar-refractivity contribution in [1.82, 2.24) is 14.9 Å².